The summed E-state index contributed by atoms with van der Waals surface area (Å²) in [5.41, 5.74) is 0.652. The highest BCUT2D eigenvalue weighted by Crippen LogP contribution is 2.17. The Kier molecular flexibility index (Phi) is 3.80. The van der Waals surface area contributed by atoms with Gasteiger partial charge >= 0.3 is 0 Å². The zero-order valence-electron chi connectivity index (χ0n) is 6.50. The molecule has 0 aromatic heterocycles. The van der Waals surface area contributed by atoms with Gasteiger partial charge < -0.3 is 0 Å². The van der Waals surface area contributed by atoms with Crippen LogP contribution in [0.5, 0.6) is 0 Å². The van der Waals surface area contributed by atoms with Crippen LogP contribution in [-0.2, 0) is 0 Å². The van der Waals surface area contributed by atoms with Gasteiger partial charge in [0.15, 0.2) is 0 Å². The van der Waals surface area contributed by atoms with Crippen LogP contribution in [0.1, 0.15) is 10.4 Å². The Bertz CT molecular complexity index is 245. The fourth-order valence-electron chi connectivity index (χ4n) is 0.799. The number of hydrogen-bond donors (Lipinski definition) is 0. The summed E-state index contributed by atoms with van der Waals surface area (Å²) in [6, 6.07) is 7.11. The largest absolute Gasteiger partial charge is 0.298 e. The molecule has 0 saturated carbocycles. The quantitative estimate of drug-likeness (QED) is 0.528. The van der Waals surface area contributed by atoms with Crippen LogP contribution in [0.3, 0.4) is 0 Å². The van der Waals surface area contributed by atoms with E-state index in [9.17, 15) is 9.18 Å². The zero-order valence-corrected chi connectivity index (χ0v) is 7.31. The molecular formula is C9H9FOS. The molecule has 0 aliphatic carbocycles. The third-order valence-electron chi connectivity index (χ3n) is 1.36. The second kappa shape index (κ2) is 4.93. The Morgan fingerprint density at radius 3 is 2.50 bits per heavy atom. The van der Waals surface area contributed by atoms with E-state index in [0.717, 1.165) is 11.2 Å². The average molecular weight is 184 g/mol. The standard InChI is InChI=1S/C9H9FOS/c10-5-6-12-9-3-1-8(7-11)2-4-9/h1-4,7H,5-6H2. The van der Waals surface area contributed by atoms with E-state index in [4.69, 9.17) is 0 Å². The predicted molar refractivity (Wildman–Crippen MR) is 48.5 cm³/mol. The lowest BCUT2D eigenvalue weighted by atomic mass is 10.2. The summed E-state index contributed by atoms with van der Waals surface area (Å²) in [6.45, 7) is -0.319. The van der Waals surface area contributed by atoms with Crippen molar-refractivity contribution in [3.63, 3.8) is 0 Å². The van der Waals surface area contributed by atoms with Crippen molar-refractivity contribution < 1.29 is 9.18 Å². The zero-order chi connectivity index (χ0) is 8.81. The summed E-state index contributed by atoms with van der Waals surface area (Å²) < 4.78 is 11.7. The van der Waals surface area contributed by atoms with E-state index >= 15 is 0 Å². The second-order valence-electron chi connectivity index (χ2n) is 2.22. The molecule has 0 atom stereocenters. The van der Waals surface area contributed by atoms with Crippen molar-refractivity contribution in [1.82, 2.24) is 0 Å². The van der Waals surface area contributed by atoms with Crippen LogP contribution in [0.4, 0.5) is 4.39 Å². The molecule has 0 fully saturated rings. The number of alkyl halides is 1. The van der Waals surface area contributed by atoms with E-state index in [2.05, 4.69) is 0 Å². The van der Waals surface area contributed by atoms with E-state index in [1.54, 1.807) is 12.1 Å². The number of halogens is 1. The number of benzene rings is 1. The second-order valence-corrected chi connectivity index (χ2v) is 3.39. The molecule has 0 aliphatic rings. The first-order valence-corrected chi connectivity index (χ1v) is 4.59. The van der Waals surface area contributed by atoms with Crippen molar-refractivity contribution in [2.75, 3.05) is 12.4 Å². The molecule has 1 aromatic rings. The Hall–Kier alpha value is -0.830. The van der Waals surface area contributed by atoms with Crippen LogP contribution < -0.4 is 0 Å². The van der Waals surface area contributed by atoms with Crippen LogP contribution >= 0.6 is 11.8 Å². The molecule has 64 valence electrons. The van der Waals surface area contributed by atoms with E-state index in [1.165, 1.54) is 11.8 Å². The lowest BCUT2D eigenvalue weighted by Gasteiger charge is -1.97. The van der Waals surface area contributed by atoms with Crippen LogP contribution in [0.15, 0.2) is 29.2 Å². The summed E-state index contributed by atoms with van der Waals surface area (Å²) >= 11 is 1.45. The number of rotatable bonds is 4. The molecule has 1 rings (SSSR count). The molecule has 3 heteroatoms. The van der Waals surface area contributed by atoms with E-state index < -0.39 is 0 Å². The third kappa shape index (κ3) is 2.66. The minimum atomic E-state index is -0.319. The maximum Gasteiger partial charge on any atom is 0.150 e. The molecule has 0 bridgehead atoms. The first-order valence-electron chi connectivity index (χ1n) is 3.61. The molecule has 0 aliphatic heterocycles. The fourth-order valence-corrected chi connectivity index (χ4v) is 1.44. The lowest BCUT2D eigenvalue weighted by molar-refractivity contribution is 0.112. The molecule has 0 spiro atoms. The van der Waals surface area contributed by atoms with Gasteiger partial charge in [0.05, 0.1) is 6.67 Å². The minimum absolute atomic E-state index is 0.319. The highest BCUT2D eigenvalue weighted by atomic mass is 32.2. The van der Waals surface area contributed by atoms with Crippen LogP contribution in [-0.4, -0.2) is 18.7 Å². The van der Waals surface area contributed by atoms with Gasteiger partial charge in [0.2, 0.25) is 0 Å². The van der Waals surface area contributed by atoms with Gasteiger partial charge in [0, 0.05) is 16.2 Å². The first-order chi connectivity index (χ1) is 5.86. The van der Waals surface area contributed by atoms with Gasteiger partial charge in [-0.15, -0.1) is 11.8 Å². The van der Waals surface area contributed by atoms with E-state index in [0.29, 0.717) is 11.3 Å². The molecular weight excluding hydrogens is 175 g/mol. The van der Waals surface area contributed by atoms with Crippen LogP contribution in [0.2, 0.25) is 0 Å². The molecule has 0 radical (unpaired) electrons. The molecule has 0 N–H and O–H groups in total. The molecule has 12 heavy (non-hydrogen) atoms. The molecule has 0 heterocycles. The summed E-state index contributed by atoms with van der Waals surface area (Å²) in [5, 5.41) is 0. The fraction of sp³-hybridized carbons (Fsp3) is 0.222. The van der Waals surface area contributed by atoms with Crippen molar-refractivity contribution in [3.8, 4) is 0 Å². The van der Waals surface area contributed by atoms with Crippen LogP contribution in [0.25, 0.3) is 0 Å². The van der Waals surface area contributed by atoms with Crippen molar-refractivity contribution in [1.29, 1.82) is 0 Å². The van der Waals surface area contributed by atoms with Gasteiger partial charge in [0.25, 0.3) is 0 Å². The molecule has 0 unspecified atom stereocenters. The van der Waals surface area contributed by atoms with Crippen molar-refractivity contribution in [2.45, 2.75) is 4.90 Å². The summed E-state index contributed by atoms with van der Waals surface area (Å²) in [4.78, 5) is 11.3. The molecule has 1 aromatic carbocycles. The highest BCUT2D eigenvalue weighted by Gasteiger charge is 1.93. The molecule has 0 amide bonds. The molecule has 1 nitrogen and oxygen atoms in total. The number of carbonyl (C=O) groups excluding carboxylic acids is 1. The smallest absolute Gasteiger partial charge is 0.150 e. The number of hydrogen-bond acceptors (Lipinski definition) is 2. The van der Waals surface area contributed by atoms with Gasteiger partial charge in [-0.05, 0) is 12.1 Å². The Balaban J connectivity index is 2.58. The van der Waals surface area contributed by atoms with Gasteiger partial charge in [-0.1, -0.05) is 12.1 Å². The van der Waals surface area contributed by atoms with Crippen LogP contribution in [0, 0.1) is 0 Å². The first kappa shape index (κ1) is 9.26. The predicted octanol–water partition coefficient (Wildman–Crippen LogP) is 2.56. The normalized spacial score (nSPS) is 9.75. The Morgan fingerprint density at radius 1 is 1.33 bits per heavy atom. The Labute approximate surface area is 75.0 Å². The maximum atomic E-state index is 11.7. The topological polar surface area (TPSA) is 17.1 Å². The monoisotopic (exact) mass is 184 g/mol. The summed E-state index contributed by atoms with van der Waals surface area (Å²) in [7, 11) is 0. The molecule has 0 saturated heterocycles. The van der Waals surface area contributed by atoms with Crippen molar-refractivity contribution in [2.24, 2.45) is 0 Å². The Morgan fingerprint density at radius 2 is 2.00 bits per heavy atom. The van der Waals surface area contributed by atoms with Gasteiger partial charge in [-0.3, -0.25) is 9.18 Å². The highest BCUT2D eigenvalue weighted by molar-refractivity contribution is 7.99. The van der Waals surface area contributed by atoms with E-state index in [1.807, 2.05) is 12.1 Å². The van der Waals surface area contributed by atoms with Gasteiger partial charge in [-0.2, -0.15) is 0 Å². The summed E-state index contributed by atoms with van der Waals surface area (Å²) in [5.74, 6) is 0.473. The van der Waals surface area contributed by atoms with E-state index in [-0.39, 0.29) is 6.67 Å². The third-order valence-corrected chi connectivity index (χ3v) is 2.33. The van der Waals surface area contributed by atoms with Gasteiger partial charge in [-0.25, -0.2) is 0 Å². The van der Waals surface area contributed by atoms with Gasteiger partial charge in [0.1, 0.15) is 6.29 Å². The average Bonchev–Trinajstić information content (AvgIpc) is 2.15. The minimum Gasteiger partial charge on any atom is -0.298 e. The summed E-state index contributed by atoms with van der Waals surface area (Å²) in [6.07, 6.45) is 0.795. The SMILES string of the molecule is O=Cc1ccc(SCCF)cc1. The van der Waals surface area contributed by atoms with Crippen molar-refractivity contribution >= 4 is 18.0 Å². The lowest BCUT2D eigenvalue weighted by Crippen LogP contribution is -1.82. The maximum absolute atomic E-state index is 11.7. The number of carbonyl (C=O) groups is 1. The number of aldehydes is 1. The number of thioether (sulfide) groups is 1. The van der Waals surface area contributed by atoms with Crippen molar-refractivity contribution in [3.05, 3.63) is 29.8 Å².